The summed E-state index contributed by atoms with van der Waals surface area (Å²) < 4.78 is 39.0. The van der Waals surface area contributed by atoms with E-state index in [4.69, 9.17) is 0 Å². The maximum atomic E-state index is 9.75. The van der Waals surface area contributed by atoms with Gasteiger partial charge >= 0.3 is 7.25 Å². The summed E-state index contributed by atoms with van der Waals surface area (Å²) in [6.07, 6.45) is 0. The minimum atomic E-state index is -6.00. The zero-order valence-electron chi connectivity index (χ0n) is 3.19. The Bertz CT molecular complexity index is 29.5. The molecular weight excluding hydrogens is 319 g/mol. The molecule has 0 spiro atoms. The minimum absolute atomic E-state index is 0. The number of hydrogen-bond donors (Lipinski definition) is 0. The van der Waals surface area contributed by atoms with E-state index < -0.39 is 7.25 Å². The van der Waals surface area contributed by atoms with Crippen molar-refractivity contribution in [2.24, 2.45) is 0 Å². The van der Waals surface area contributed by atoms with Gasteiger partial charge < -0.3 is 22.7 Å². The Morgan fingerprint density at radius 2 is 0.750 bits per heavy atom. The smallest absolute Gasteiger partial charge is 0.418 e. The van der Waals surface area contributed by atoms with Crippen LogP contribution in [0.25, 0.3) is 0 Å². The molecule has 0 saturated heterocycles. The van der Waals surface area contributed by atoms with E-state index >= 15 is 0 Å². The van der Waals surface area contributed by atoms with Crippen LogP contribution in [0.2, 0.25) is 0 Å². The molecule has 1 nitrogen and oxygen atoms in total. The molecule has 8 heavy (non-hydrogen) atoms. The summed E-state index contributed by atoms with van der Waals surface area (Å²) in [5, 5.41) is 0. The SMILES string of the molecule is F[B-](F)(F)F.O.[Ag].[Ag]. The van der Waals surface area contributed by atoms with Crippen molar-refractivity contribution >= 4 is 7.25 Å². The number of halogens is 4. The molecule has 0 atom stereocenters. The summed E-state index contributed by atoms with van der Waals surface area (Å²) in [6, 6.07) is 0. The molecule has 0 fully saturated rings. The van der Waals surface area contributed by atoms with Crippen molar-refractivity contribution in [2.75, 3.05) is 0 Å². The molecule has 0 rings (SSSR count). The predicted octanol–water partition coefficient (Wildman–Crippen LogP) is 0.470. The molecule has 2 N–H and O–H groups in total. The Hall–Kier alpha value is 1.23. The third-order valence-electron chi connectivity index (χ3n) is 0. The molecule has 0 aliphatic heterocycles. The van der Waals surface area contributed by atoms with E-state index in [1.165, 1.54) is 0 Å². The van der Waals surface area contributed by atoms with Crippen molar-refractivity contribution in [3.8, 4) is 0 Å². The van der Waals surface area contributed by atoms with Gasteiger partial charge in [-0.05, 0) is 0 Å². The molecular formula is H2Ag2BF4O-. The molecule has 0 saturated carbocycles. The molecule has 0 aromatic heterocycles. The topological polar surface area (TPSA) is 31.5 Å². The fourth-order valence-electron chi connectivity index (χ4n) is 0. The Morgan fingerprint density at radius 3 is 0.750 bits per heavy atom. The molecule has 0 aromatic carbocycles. The van der Waals surface area contributed by atoms with E-state index in [0.717, 1.165) is 0 Å². The van der Waals surface area contributed by atoms with Gasteiger partial charge in [-0.2, -0.15) is 0 Å². The Labute approximate surface area is 74.6 Å². The quantitative estimate of drug-likeness (QED) is 0.459. The van der Waals surface area contributed by atoms with Gasteiger partial charge in [0.2, 0.25) is 0 Å². The number of hydrogen-bond acceptors (Lipinski definition) is 0. The van der Waals surface area contributed by atoms with Gasteiger partial charge in [0.25, 0.3) is 0 Å². The van der Waals surface area contributed by atoms with E-state index in [9.17, 15) is 17.3 Å². The summed E-state index contributed by atoms with van der Waals surface area (Å²) in [5.41, 5.74) is 0. The summed E-state index contributed by atoms with van der Waals surface area (Å²) in [7, 11) is -6.00. The van der Waals surface area contributed by atoms with Gasteiger partial charge in [0, 0.05) is 44.8 Å². The van der Waals surface area contributed by atoms with Crippen molar-refractivity contribution < 1.29 is 67.5 Å². The van der Waals surface area contributed by atoms with Crippen molar-refractivity contribution in [1.29, 1.82) is 0 Å². The third-order valence-corrected chi connectivity index (χ3v) is 0. The largest absolute Gasteiger partial charge is 0.673 e. The second kappa shape index (κ2) is 8.23. The molecule has 2 radical (unpaired) electrons. The first-order chi connectivity index (χ1) is 2.00. The number of rotatable bonds is 0. The summed E-state index contributed by atoms with van der Waals surface area (Å²) >= 11 is 0. The maximum Gasteiger partial charge on any atom is 0.673 e. The second-order valence-corrected chi connectivity index (χ2v) is 0.495. The zero-order valence-corrected chi connectivity index (χ0v) is 6.16. The second-order valence-electron chi connectivity index (χ2n) is 0.495. The molecule has 0 bridgehead atoms. The molecule has 0 amide bonds. The van der Waals surface area contributed by atoms with E-state index in [0.29, 0.717) is 0 Å². The average molecular weight is 321 g/mol. The summed E-state index contributed by atoms with van der Waals surface area (Å²) in [5.74, 6) is 0. The van der Waals surface area contributed by atoms with Crippen LogP contribution in [0.5, 0.6) is 0 Å². The van der Waals surface area contributed by atoms with Gasteiger partial charge in [-0.15, -0.1) is 0 Å². The first-order valence-corrected chi connectivity index (χ1v) is 0.873. The van der Waals surface area contributed by atoms with Crippen molar-refractivity contribution in [3.63, 3.8) is 0 Å². The normalized spacial score (nSPS) is 7.50. The van der Waals surface area contributed by atoms with Crippen LogP contribution in [0, 0.1) is 0 Å². The Morgan fingerprint density at radius 1 is 0.750 bits per heavy atom. The van der Waals surface area contributed by atoms with E-state index in [1.807, 2.05) is 0 Å². The Kier molecular flexibility index (Phi) is 23.5. The van der Waals surface area contributed by atoms with Crippen LogP contribution in [-0.2, 0) is 44.8 Å². The average Bonchev–Trinajstić information content (AvgIpc) is 0.722. The van der Waals surface area contributed by atoms with Crippen LogP contribution in [-0.4, -0.2) is 12.7 Å². The summed E-state index contributed by atoms with van der Waals surface area (Å²) in [6.45, 7) is 0. The predicted molar refractivity (Wildman–Crippen MR) is 13.8 cm³/mol. The van der Waals surface area contributed by atoms with Crippen LogP contribution in [0.3, 0.4) is 0 Å². The van der Waals surface area contributed by atoms with Gasteiger partial charge in [-0.25, -0.2) is 0 Å². The third kappa shape index (κ3) is 186. The van der Waals surface area contributed by atoms with E-state index in [1.54, 1.807) is 0 Å². The standard InChI is InChI=1S/2Ag.BF4.H2O/c;;2-1(3,4)5;/h;;;1H2/q;;-1;. The monoisotopic (exact) mass is 319 g/mol. The molecule has 8 heteroatoms. The minimum Gasteiger partial charge on any atom is -0.418 e. The maximum absolute atomic E-state index is 9.75. The van der Waals surface area contributed by atoms with Crippen LogP contribution in [0.15, 0.2) is 0 Å². The molecule has 0 unspecified atom stereocenters. The van der Waals surface area contributed by atoms with Gasteiger partial charge in [-0.1, -0.05) is 0 Å². The summed E-state index contributed by atoms with van der Waals surface area (Å²) in [4.78, 5) is 0. The first kappa shape index (κ1) is 22.9. The van der Waals surface area contributed by atoms with E-state index in [2.05, 4.69) is 0 Å². The van der Waals surface area contributed by atoms with Crippen LogP contribution in [0.4, 0.5) is 17.3 Å². The van der Waals surface area contributed by atoms with E-state index in [-0.39, 0.29) is 50.2 Å². The Balaban J connectivity index is -0.0000000267. The van der Waals surface area contributed by atoms with Crippen LogP contribution in [0.1, 0.15) is 0 Å². The molecule has 0 aliphatic rings. The fraction of sp³-hybridized carbons (Fsp3) is 0. The van der Waals surface area contributed by atoms with Crippen molar-refractivity contribution in [1.82, 2.24) is 0 Å². The van der Waals surface area contributed by atoms with Crippen LogP contribution >= 0.6 is 0 Å². The zero-order chi connectivity index (χ0) is 4.50. The molecule has 0 heterocycles. The first-order valence-electron chi connectivity index (χ1n) is 0.873. The molecule has 62 valence electrons. The molecule has 0 aromatic rings. The van der Waals surface area contributed by atoms with Crippen LogP contribution < -0.4 is 0 Å². The van der Waals surface area contributed by atoms with Crippen molar-refractivity contribution in [3.05, 3.63) is 0 Å². The van der Waals surface area contributed by atoms with Gasteiger partial charge in [0.15, 0.2) is 0 Å². The fourth-order valence-corrected chi connectivity index (χ4v) is 0. The van der Waals surface area contributed by atoms with Gasteiger partial charge in [0.05, 0.1) is 0 Å². The van der Waals surface area contributed by atoms with Crippen molar-refractivity contribution in [2.45, 2.75) is 0 Å². The van der Waals surface area contributed by atoms with Gasteiger partial charge in [0.1, 0.15) is 0 Å². The van der Waals surface area contributed by atoms with Gasteiger partial charge in [-0.3, -0.25) is 0 Å². The molecule has 0 aliphatic carbocycles.